The molecule has 0 spiro atoms. The molecule has 0 rings (SSSR count). The highest BCUT2D eigenvalue weighted by atomic mass is 32.2. The summed E-state index contributed by atoms with van der Waals surface area (Å²) in [6.45, 7) is 4.21. The van der Waals surface area contributed by atoms with Gasteiger partial charge in [-0.05, 0) is 13.3 Å². The first kappa shape index (κ1) is 12.6. The third-order valence-corrected chi connectivity index (χ3v) is 3.14. The molecule has 0 unspecified atom stereocenters. The lowest BCUT2D eigenvalue weighted by atomic mass is 10.2. The highest BCUT2D eigenvalue weighted by Gasteiger charge is 2.13. The third kappa shape index (κ3) is 5.76. The summed E-state index contributed by atoms with van der Waals surface area (Å²) in [6, 6.07) is 0. The summed E-state index contributed by atoms with van der Waals surface area (Å²) in [4.78, 5) is 10.6. The van der Waals surface area contributed by atoms with Crippen molar-refractivity contribution in [2.45, 2.75) is 26.7 Å². The molecule has 0 saturated heterocycles. The number of nitrogens with zero attached hydrogens (tertiary/aromatic N) is 1. The Bertz CT molecular complexity index is 259. The molecule has 0 heterocycles. The molecule has 0 N–H and O–H groups in total. The van der Waals surface area contributed by atoms with Crippen molar-refractivity contribution < 1.29 is 13.2 Å². The van der Waals surface area contributed by atoms with Gasteiger partial charge in [-0.3, -0.25) is 0 Å². The van der Waals surface area contributed by atoms with E-state index < -0.39 is 10.0 Å². The Hall–Kier alpha value is -0.420. The fraction of sp³-hybridized carbons (Fsp3) is 0.875. The Morgan fingerprint density at radius 1 is 1.38 bits per heavy atom. The molecule has 0 amide bonds. The Morgan fingerprint density at radius 3 is 2.23 bits per heavy atom. The van der Waals surface area contributed by atoms with E-state index in [-0.39, 0.29) is 5.78 Å². The first-order chi connectivity index (χ1) is 5.88. The van der Waals surface area contributed by atoms with Crippen LogP contribution in [0, 0.1) is 0 Å². The van der Waals surface area contributed by atoms with Gasteiger partial charge in [-0.2, -0.15) is 0 Å². The maximum atomic E-state index is 11.1. The van der Waals surface area contributed by atoms with Gasteiger partial charge in [-0.25, -0.2) is 12.7 Å². The summed E-state index contributed by atoms with van der Waals surface area (Å²) < 4.78 is 23.5. The summed E-state index contributed by atoms with van der Waals surface area (Å²) in [7, 11) is -3.09. The van der Waals surface area contributed by atoms with Crippen molar-refractivity contribution in [3.05, 3.63) is 0 Å². The molecule has 0 saturated carbocycles. The van der Waals surface area contributed by atoms with E-state index >= 15 is 0 Å². The van der Waals surface area contributed by atoms with Gasteiger partial charge in [0.05, 0.1) is 6.26 Å². The molecule has 0 aliphatic rings. The topological polar surface area (TPSA) is 54.5 Å². The Balaban J connectivity index is 3.95. The number of Topliss-reactive ketones (excluding diaryl/α,β-unsaturated/α-hetero) is 1. The highest BCUT2D eigenvalue weighted by Crippen LogP contribution is 2.01. The number of hydrogen-bond donors (Lipinski definition) is 0. The third-order valence-electron chi connectivity index (χ3n) is 1.76. The first-order valence-electron chi connectivity index (χ1n) is 4.32. The molecule has 0 bridgehead atoms. The van der Waals surface area contributed by atoms with Crippen LogP contribution in [-0.2, 0) is 14.8 Å². The smallest absolute Gasteiger partial charge is 0.211 e. The minimum absolute atomic E-state index is 0.101. The maximum absolute atomic E-state index is 11.1. The zero-order valence-corrected chi connectivity index (χ0v) is 9.23. The molecular formula is C8H17NO3S. The normalized spacial score (nSPS) is 12.0. The van der Waals surface area contributed by atoms with E-state index in [0.29, 0.717) is 25.9 Å². The number of carbonyl (C=O) groups is 1. The fourth-order valence-corrected chi connectivity index (χ4v) is 1.99. The Kier molecular flexibility index (Phi) is 5.17. The van der Waals surface area contributed by atoms with Gasteiger partial charge in [0, 0.05) is 19.5 Å². The van der Waals surface area contributed by atoms with E-state index in [9.17, 15) is 13.2 Å². The second-order valence-electron chi connectivity index (χ2n) is 3.06. The van der Waals surface area contributed by atoms with Gasteiger partial charge in [0.15, 0.2) is 0 Å². The average molecular weight is 207 g/mol. The van der Waals surface area contributed by atoms with E-state index in [0.717, 1.165) is 0 Å². The van der Waals surface area contributed by atoms with Crippen molar-refractivity contribution >= 4 is 15.8 Å². The van der Waals surface area contributed by atoms with Crippen molar-refractivity contribution in [2.24, 2.45) is 0 Å². The first-order valence-corrected chi connectivity index (χ1v) is 6.17. The molecule has 5 heteroatoms. The second-order valence-corrected chi connectivity index (χ2v) is 5.04. The van der Waals surface area contributed by atoms with Crippen LogP contribution in [0.2, 0.25) is 0 Å². The number of rotatable bonds is 6. The predicted molar refractivity (Wildman–Crippen MR) is 52.0 cm³/mol. The van der Waals surface area contributed by atoms with Crippen LogP contribution in [-0.4, -0.2) is 37.9 Å². The Morgan fingerprint density at radius 2 is 1.92 bits per heavy atom. The minimum atomic E-state index is -3.09. The van der Waals surface area contributed by atoms with Crippen LogP contribution in [0.4, 0.5) is 0 Å². The van der Waals surface area contributed by atoms with Crippen LogP contribution in [0.15, 0.2) is 0 Å². The molecule has 0 aliphatic carbocycles. The van der Waals surface area contributed by atoms with E-state index in [2.05, 4.69) is 0 Å². The van der Waals surface area contributed by atoms with Crippen molar-refractivity contribution in [3.63, 3.8) is 0 Å². The number of carbonyl (C=O) groups excluding carboxylic acids is 1. The number of ketones is 1. The van der Waals surface area contributed by atoms with Gasteiger partial charge >= 0.3 is 0 Å². The highest BCUT2D eigenvalue weighted by molar-refractivity contribution is 7.88. The van der Waals surface area contributed by atoms with Crippen molar-refractivity contribution in [2.75, 3.05) is 19.3 Å². The van der Waals surface area contributed by atoms with Gasteiger partial charge in [-0.1, -0.05) is 6.92 Å². The van der Waals surface area contributed by atoms with E-state index in [1.165, 1.54) is 17.5 Å². The molecule has 0 radical (unpaired) electrons. The van der Waals surface area contributed by atoms with Crippen LogP contribution in [0.3, 0.4) is 0 Å². The zero-order chi connectivity index (χ0) is 10.5. The van der Waals surface area contributed by atoms with Crippen molar-refractivity contribution in [1.29, 1.82) is 0 Å². The standard InChI is InChI=1S/C8H17NO3S/c1-4-9(13(3,11)12)7-5-6-8(2)10/h4-7H2,1-3H3. The van der Waals surface area contributed by atoms with Crippen LogP contribution in [0.25, 0.3) is 0 Å². The van der Waals surface area contributed by atoms with Gasteiger partial charge in [0.25, 0.3) is 0 Å². The van der Waals surface area contributed by atoms with Crippen LogP contribution in [0.5, 0.6) is 0 Å². The molecule has 4 nitrogen and oxygen atoms in total. The zero-order valence-electron chi connectivity index (χ0n) is 8.41. The van der Waals surface area contributed by atoms with Crippen LogP contribution < -0.4 is 0 Å². The second kappa shape index (κ2) is 5.34. The van der Waals surface area contributed by atoms with E-state index in [4.69, 9.17) is 0 Å². The molecular weight excluding hydrogens is 190 g/mol. The van der Waals surface area contributed by atoms with Crippen LogP contribution >= 0.6 is 0 Å². The summed E-state index contributed by atoms with van der Waals surface area (Å²) in [5, 5.41) is 0. The molecule has 0 atom stereocenters. The van der Waals surface area contributed by atoms with E-state index in [1.54, 1.807) is 6.92 Å². The maximum Gasteiger partial charge on any atom is 0.211 e. The summed E-state index contributed by atoms with van der Waals surface area (Å²) in [5.74, 6) is 0.101. The molecule has 0 fully saturated rings. The van der Waals surface area contributed by atoms with Crippen molar-refractivity contribution in [3.8, 4) is 0 Å². The van der Waals surface area contributed by atoms with Gasteiger partial charge < -0.3 is 4.79 Å². The number of hydrogen-bond acceptors (Lipinski definition) is 3. The van der Waals surface area contributed by atoms with Gasteiger partial charge in [0.1, 0.15) is 5.78 Å². The Labute approximate surface area is 80.0 Å². The fourth-order valence-electron chi connectivity index (χ4n) is 1.06. The molecule has 0 aromatic rings. The van der Waals surface area contributed by atoms with E-state index in [1.807, 2.05) is 0 Å². The van der Waals surface area contributed by atoms with Crippen LogP contribution in [0.1, 0.15) is 26.7 Å². The summed E-state index contributed by atoms with van der Waals surface area (Å²) in [6.07, 6.45) is 2.24. The summed E-state index contributed by atoms with van der Waals surface area (Å²) >= 11 is 0. The summed E-state index contributed by atoms with van der Waals surface area (Å²) in [5.41, 5.74) is 0. The van der Waals surface area contributed by atoms with Gasteiger partial charge in [-0.15, -0.1) is 0 Å². The average Bonchev–Trinajstić information content (AvgIpc) is 1.95. The molecule has 0 aliphatic heterocycles. The minimum Gasteiger partial charge on any atom is -0.300 e. The van der Waals surface area contributed by atoms with Gasteiger partial charge in [0.2, 0.25) is 10.0 Å². The van der Waals surface area contributed by atoms with Crippen molar-refractivity contribution in [1.82, 2.24) is 4.31 Å². The molecule has 78 valence electrons. The lowest BCUT2D eigenvalue weighted by molar-refractivity contribution is -0.117. The lowest BCUT2D eigenvalue weighted by Crippen LogP contribution is -2.30. The monoisotopic (exact) mass is 207 g/mol. The quantitative estimate of drug-likeness (QED) is 0.642. The predicted octanol–water partition coefficient (Wildman–Crippen LogP) is 0.637. The largest absolute Gasteiger partial charge is 0.300 e. The molecule has 13 heavy (non-hydrogen) atoms. The number of sulfonamides is 1. The molecule has 0 aromatic heterocycles. The lowest BCUT2D eigenvalue weighted by Gasteiger charge is -2.16. The molecule has 0 aromatic carbocycles. The SMILES string of the molecule is CCN(CCCC(C)=O)S(C)(=O)=O.